The van der Waals surface area contributed by atoms with E-state index in [4.69, 9.17) is 9.47 Å². The quantitative estimate of drug-likeness (QED) is 0.724. The van der Waals surface area contributed by atoms with Crippen LogP contribution in [0.25, 0.3) is 0 Å². The van der Waals surface area contributed by atoms with Gasteiger partial charge in [0, 0.05) is 0 Å². The van der Waals surface area contributed by atoms with Crippen LogP contribution in [0, 0.1) is 23.7 Å². The third kappa shape index (κ3) is 3.04. The lowest BCUT2D eigenvalue weighted by atomic mass is 9.97. The summed E-state index contributed by atoms with van der Waals surface area (Å²) in [5.41, 5.74) is 2.62. The highest BCUT2D eigenvalue weighted by Gasteiger charge is 2.40. The second kappa shape index (κ2) is 6.46. The van der Waals surface area contributed by atoms with Crippen LogP contribution in [0.4, 0.5) is 0 Å². The Morgan fingerprint density at radius 1 is 0.708 bits per heavy atom. The zero-order valence-electron chi connectivity index (χ0n) is 14.7. The van der Waals surface area contributed by atoms with E-state index in [0.717, 1.165) is 36.9 Å². The van der Waals surface area contributed by atoms with Gasteiger partial charge in [-0.1, -0.05) is 24.3 Å². The van der Waals surface area contributed by atoms with Crippen molar-refractivity contribution in [3.63, 3.8) is 0 Å². The van der Waals surface area contributed by atoms with Gasteiger partial charge in [0.05, 0.1) is 25.4 Å². The Bertz CT molecular complexity index is 536. The summed E-state index contributed by atoms with van der Waals surface area (Å²) < 4.78 is 12.5. The third-order valence-electron chi connectivity index (χ3n) is 7.27. The number of ether oxygens (including phenoxy) is 2. The van der Waals surface area contributed by atoms with Crippen molar-refractivity contribution >= 4 is 0 Å². The second-order valence-electron chi connectivity index (χ2n) is 8.87. The Morgan fingerprint density at radius 3 is 1.67 bits per heavy atom. The molecule has 5 rings (SSSR count). The highest BCUT2D eigenvalue weighted by molar-refractivity contribution is 5.22. The summed E-state index contributed by atoms with van der Waals surface area (Å²) in [5.74, 6) is 3.61. The van der Waals surface area contributed by atoms with Crippen LogP contribution in [0.5, 0.6) is 0 Å². The molecule has 4 fully saturated rings. The van der Waals surface area contributed by atoms with E-state index < -0.39 is 0 Å². The highest BCUT2D eigenvalue weighted by atomic mass is 16.5. The van der Waals surface area contributed by atoms with Crippen molar-refractivity contribution in [2.75, 3.05) is 0 Å². The molecule has 0 aromatic heterocycles. The van der Waals surface area contributed by atoms with Crippen molar-refractivity contribution in [2.24, 2.45) is 23.7 Å². The van der Waals surface area contributed by atoms with Crippen LogP contribution in [0.1, 0.15) is 62.5 Å². The maximum Gasteiger partial charge on any atom is 0.0720 e. The predicted octanol–water partition coefficient (Wildman–Crippen LogP) is 5.10. The largest absolute Gasteiger partial charge is 0.373 e. The van der Waals surface area contributed by atoms with Crippen LogP contribution >= 0.6 is 0 Å². The molecular weight excluding hydrogens is 296 g/mol. The van der Waals surface area contributed by atoms with Crippen LogP contribution in [0.15, 0.2) is 24.3 Å². The summed E-state index contributed by atoms with van der Waals surface area (Å²) in [7, 11) is 0. The number of fused-ring (bicyclic) bond motifs is 4. The molecule has 2 heteroatoms. The van der Waals surface area contributed by atoms with Gasteiger partial charge in [-0.2, -0.15) is 0 Å². The second-order valence-corrected chi connectivity index (χ2v) is 8.87. The molecule has 4 saturated carbocycles. The molecule has 0 radical (unpaired) electrons. The first-order valence-electron chi connectivity index (χ1n) is 10.1. The Kier molecular flexibility index (Phi) is 4.14. The minimum Gasteiger partial charge on any atom is -0.373 e. The van der Waals surface area contributed by atoms with E-state index in [1.165, 1.54) is 62.5 Å². The summed E-state index contributed by atoms with van der Waals surface area (Å²) in [6.45, 7) is 1.55. The van der Waals surface area contributed by atoms with Crippen molar-refractivity contribution in [2.45, 2.75) is 76.8 Å². The SMILES string of the molecule is c1cc(COC2CC3CCC2C3)cc(COC2CC3CCC2C3)c1. The summed E-state index contributed by atoms with van der Waals surface area (Å²) in [6.07, 6.45) is 12.2. The fraction of sp³-hybridized carbons (Fsp3) is 0.727. The molecule has 0 amide bonds. The fourth-order valence-corrected chi connectivity index (χ4v) is 6.00. The van der Waals surface area contributed by atoms with E-state index in [-0.39, 0.29) is 0 Å². The van der Waals surface area contributed by atoms with Crippen molar-refractivity contribution in [3.05, 3.63) is 35.4 Å². The zero-order valence-corrected chi connectivity index (χ0v) is 14.7. The average Bonchev–Trinajstić information content (AvgIpc) is 3.39. The molecule has 6 atom stereocenters. The summed E-state index contributed by atoms with van der Waals surface area (Å²) in [5, 5.41) is 0. The molecule has 0 saturated heterocycles. The van der Waals surface area contributed by atoms with Crippen LogP contribution in [-0.2, 0) is 22.7 Å². The van der Waals surface area contributed by atoms with Gasteiger partial charge in [-0.05, 0) is 86.2 Å². The van der Waals surface area contributed by atoms with Crippen LogP contribution in [-0.4, -0.2) is 12.2 Å². The summed E-state index contributed by atoms with van der Waals surface area (Å²) >= 11 is 0. The van der Waals surface area contributed by atoms with Gasteiger partial charge in [-0.3, -0.25) is 0 Å². The number of rotatable bonds is 6. The average molecular weight is 326 g/mol. The molecule has 24 heavy (non-hydrogen) atoms. The Morgan fingerprint density at radius 2 is 1.25 bits per heavy atom. The van der Waals surface area contributed by atoms with E-state index in [1.807, 2.05) is 0 Å². The van der Waals surface area contributed by atoms with Crippen LogP contribution in [0.2, 0.25) is 0 Å². The first-order chi connectivity index (χ1) is 11.8. The number of hydrogen-bond donors (Lipinski definition) is 0. The van der Waals surface area contributed by atoms with E-state index in [9.17, 15) is 0 Å². The first-order valence-corrected chi connectivity index (χ1v) is 10.1. The van der Waals surface area contributed by atoms with E-state index in [2.05, 4.69) is 24.3 Å². The number of hydrogen-bond acceptors (Lipinski definition) is 2. The van der Waals surface area contributed by atoms with Gasteiger partial charge in [0.15, 0.2) is 0 Å². The molecule has 0 heterocycles. The Hall–Kier alpha value is -0.860. The Balaban J connectivity index is 1.13. The third-order valence-corrected chi connectivity index (χ3v) is 7.27. The molecule has 4 bridgehead atoms. The standard InChI is InChI=1S/C22H30O2/c1-2-17(13-23-21-11-15-4-6-19(21)9-15)8-18(3-1)14-24-22-12-16-5-7-20(22)10-16/h1-3,8,15-16,19-22H,4-7,9-14H2. The van der Waals surface area contributed by atoms with Crippen LogP contribution < -0.4 is 0 Å². The lowest BCUT2D eigenvalue weighted by molar-refractivity contribution is 0.00282. The fourth-order valence-electron chi connectivity index (χ4n) is 6.00. The van der Waals surface area contributed by atoms with Gasteiger partial charge in [0.1, 0.15) is 0 Å². The molecule has 0 N–H and O–H groups in total. The van der Waals surface area contributed by atoms with Gasteiger partial charge in [0.2, 0.25) is 0 Å². The maximum atomic E-state index is 6.26. The number of benzene rings is 1. The molecule has 0 aliphatic heterocycles. The van der Waals surface area contributed by atoms with Crippen molar-refractivity contribution in [1.82, 2.24) is 0 Å². The lowest BCUT2D eigenvalue weighted by Crippen LogP contribution is -2.20. The lowest BCUT2D eigenvalue weighted by Gasteiger charge is -2.23. The topological polar surface area (TPSA) is 18.5 Å². The van der Waals surface area contributed by atoms with Gasteiger partial charge < -0.3 is 9.47 Å². The molecule has 6 unspecified atom stereocenters. The highest BCUT2D eigenvalue weighted by Crippen LogP contribution is 2.47. The molecule has 1 aromatic carbocycles. The molecule has 4 aliphatic rings. The first kappa shape index (κ1) is 15.4. The van der Waals surface area contributed by atoms with Crippen LogP contribution in [0.3, 0.4) is 0 Å². The van der Waals surface area contributed by atoms with Gasteiger partial charge >= 0.3 is 0 Å². The molecule has 2 nitrogen and oxygen atoms in total. The van der Waals surface area contributed by atoms with Crippen molar-refractivity contribution in [3.8, 4) is 0 Å². The van der Waals surface area contributed by atoms with Gasteiger partial charge in [0.25, 0.3) is 0 Å². The smallest absolute Gasteiger partial charge is 0.0720 e. The molecule has 1 aromatic rings. The summed E-state index contributed by atoms with van der Waals surface area (Å²) in [6, 6.07) is 8.86. The monoisotopic (exact) mass is 326 g/mol. The molecule has 4 aliphatic carbocycles. The van der Waals surface area contributed by atoms with Crippen molar-refractivity contribution < 1.29 is 9.47 Å². The molecule has 130 valence electrons. The van der Waals surface area contributed by atoms with Gasteiger partial charge in [-0.15, -0.1) is 0 Å². The molecular formula is C22H30O2. The minimum absolute atomic E-state index is 0.526. The minimum atomic E-state index is 0.526. The maximum absolute atomic E-state index is 6.26. The molecule has 0 spiro atoms. The summed E-state index contributed by atoms with van der Waals surface area (Å²) in [4.78, 5) is 0. The van der Waals surface area contributed by atoms with E-state index >= 15 is 0 Å². The normalized spacial score (nSPS) is 39.8. The zero-order chi connectivity index (χ0) is 15.9. The van der Waals surface area contributed by atoms with E-state index in [0.29, 0.717) is 12.2 Å². The van der Waals surface area contributed by atoms with Gasteiger partial charge in [-0.25, -0.2) is 0 Å². The van der Waals surface area contributed by atoms with Crippen molar-refractivity contribution in [1.29, 1.82) is 0 Å². The van der Waals surface area contributed by atoms with E-state index in [1.54, 1.807) is 0 Å². The predicted molar refractivity (Wildman–Crippen MR) is 94.5 cm³/mol. The Labute approximate surface area is 145 Å².